The molecule has 82 valence electrons. The van der Waals surface area contributed by atoms with Gasteiger partial charge in [-0.1, -0.05) is 18.5 Å². The molecule has 15 heavy (non-hydrogen) atoms. The van der Waals surface area contributed by atoms with Crippen LogP contribution in [0.25, 0.3) is 0 Å². The van der Waals surface area contributed by atoms with E-state index in [1.54, 1.807) is 23.9 Å². The first kappa shape index (κ1) is 12.4. The van der Waals surface area contributed by atoms with E-state index in [0.717, 1.165) is 11.3 Å². The van der Waals surface area contributed by atoms with Crippen molar-refractivity contribution in [3.63, 3.8) is 0 Å². The van der Waals surface area contributed by atoms with Gasteiger partial charge in [-0.05, 0) is 30.9 Å². The van der Waals surface area contributed by atoms with E-state index < -0.39 is 0 Å². The predicted molar refractivity (Wildman–Crippen MR) is 63.8 cm³/mol. The highest BCUT2D eigenvalue weighted by atomic mass is 35.5. The number of carbonyl (C=O) groups excluding carboxylic acids is 1. The van der Waals surface area contributed by atoms with E-state index in [1.165, 1.54) is 0 Å². The molecule has 0 aliphatic heterocycles. The van der Waals surface area contributed by atoms with Crippen molar-refractivity contribution in [3.05, 3.63) is 28.8 Å². The molecule has 2 nitrogen and oxygen atoms in total. The van der Waals surface area contributed by atoms with Gasteiger partial charge in [0.25, 0.3) is 0 Å². The molecule has 0 amide bonds. The van der Waals surface area contributed by atoms with Crippen molar-refractivity contribution >= 4 is 29.3 Å². The summed E-state index contributed by atoms with van der Waals surface area (Å²) in [6.45, 7) is 2.38. The van der Waals surface area contributed by atoms with Crippen LogP contribution in [0, 0.1) is 0 Å². The minimum Gasteiger partial charge on any atom is -0.462 e. The van der Waals surface area contributed by atoms with E-state index >= 15 is 0 Å². The lowest BCUT2D eigenvalue weighted by Crippen LogP contribution is -2.06. The van der Waals surface area contributed by atoms with Crippen molar-refractivity contribution in [2.75, 3.05) is 12.9 Å². The predicted octanol–water partition coefficient (Wildman–Crippen LogP) is 3.63. The highest BCUT2D eigenvalue weighted by Gasteiger charge is 2.11. The minimum absolute atomic E-state index is 0.349. The molecule has 0 radical (unpaired) electrons. The van der Waals surface area contributed by atoms with Gasteiger partial charge in [0.1, 0.15) is 0 Å². The van der Waals surface area contributed by atoms with Gasteiger partial charge < -0.3 is 4.74 Å². The Kier molecular flexibility index (Phi) is 4.99. The van der Waals surface area contributed by atoms with Gasteiger partial charge in [0, 0.05) is 4.90 Å². The normalized spacial score (nSPS) is 10.1. The summed E-state index contributed by atoms with van der Waals surface area (Å²) < 4.78 is 5.02. The van der Waals surface area contributed by atoms with E-state index in [9.17, 15) is 4.79 Å². The Morgan fingerprint density at radius 1 is 1.53 bits per heavy atom. The number of benzene rings is 1. The number of ether oxygens (including phenoxy) is 1. The number of carbonyl (C=O) groups is 1. The second-order valence-electron chi connectivity index (χ2n) is 2.98. The zero-order chi connectivity index (χ0) is 11.3. The number of thioether (sulfide) groups is 1. The van der Waals surface area contributed by atoms with Crippen LogP contribution in [-0.4, -0.2) is 18.8 Å². The number of hydrogen-bond donors (Lipinski definition) is 0. The highest BCUT2D eigenvalue weighted by Crippen LogP contribution is 2.23. The summed E-state index contributed by atoms with van der Waals surface area (Å²) in [5, 5.41) is 0.439. The lowest BCUT2D eigenvalue weighted by atomic mass is 10.2. The third-order valence-electron chi connectivity index (χ3n) is 1.83. The van der Waals surface area contributed by atoms with Crippen molar-refractivity contribution in [1.82, 2.24) is 0 Å². The molecule has 0 N–H and O–H groups in total. The number of hydrogen-bond acceptors (Lipinski definition) is 3. The Bertz CT molecular complexity index is 352. The van der Waals surface area contributed by atoms with E-state index in [4.69, 9.17) is 16.3 Å². The molecule has 0 heterocycles. The zero-order valence-electron chi connectivity index (χ0n) is 8.75. The first-order valence-corrected chi connectivity index (χ1v) is 6.30. The maximum atomic E-state index is 11.6. The number of esters is 1. The molecular formula is C11H13ClO2S. The van der Waals surface area contributed by atoms with Gasteiger partial charge >= 0.3 is 5.97 Å². The van der Waals surface area contributed by atoms with Crippen LogP contribution in [0.1, 0.15) is 23.7 Å². The third kappa shape index (κ3) is 3.43. The highest BCUT2D eigenvalue weighted by molar-refractivity contribution is 7.98. The molecule has 0 spiro atoms. The first-order valence-electron chi connectivity index (χ1n) is 4.69. The average molecular weight is 245 g/mol. The van der Waals surface area contributed by atoms with Crippen molar-refractivity contribution in [1.29, 1.82) is 0 Å². The van der Waals surface area contributed by atoms with Crippen molar-refractivity contribution in [2.45, 2.75) is 18.2 Å². The SMILES string of the molecule is CCCOC(=O)c1cc(SC)ccc1Cl. The van der Waals surface area contributed by atoms with Gasteiger partial charge in [0.2, 0.25) is 0 Å². The fourth-order valence-electron chi connectivity index (χ4n) is 1.06. The molecule has 1 aromatic carbocycles. The standard InChI is InChI=1S/C11H13ClO2S/c1-3-6-14-11(13)9-7-8(15-2)4-5-10(9)12/h4-5,7H,3,6H2,1-2H3. The molecule has 0 unspecified atom stereocenters. The molecule has 0 fully saturated rings. The van der Waals surface area contributed by atoms with Gasteiger partial charge in [-0.15, -0.1) is 11.8 Å². The molecule has 0 atom stereocenters. The maximum absolute atomic E-state index is 11.6. The Hall–Kier alpha value is -0.670. The van der Waals surface area contributed by atoms with Gasteiger partial charge in [0.15, 0.2) is 0 Å². The lowest BCUT2D eigenvalue weighted by Gasteiger charge is -2.06. The van der Waals surface area contributed by atoms with Crippen LogP contribution in [0.5, 0.6) is 0 Å². The lowest BCUT2D eigenvalue weighted by molar-refractivity contribution is 0.0505. The Morgan fingerprint density at radius 2 is 2.27 bits per heavy atom. The quantitative estimate of drug-likeness (QED) is 0.598. The molecule has 4 heteroatoms. The second kappa shape index (κ2) is 6.03. The zero-order valence-corrected chi connectivity index (χ0v) is 10.3. The summed E-state index contributed by atoms with van der Waals surface area (Å²) in [5.74, 6) is -0.349. The molecule has 0 bridgehead atoms. The molecular weight excluding hydrogens is 232 g/mol. The molecule has 0 aromatic heterocycles. The van der Waals surface area contributed by atoms with Crippen molar-refractivity contribution < 1.29 is 9.53 Å². The van der Waals surface area contributed by atoms with Crippen LogP contribution in [0.15, 0.2) is 23.1 Å². The Balaban J connectivity index is 2.86. The summed E-state index contributed by atoms with van der Waals surface area (Å²) in [6.07, 6.45) is 2.76. The van der Waals surface area contributed by atoms with Gasteiger partial charge in [-0.3, -0.25) is 0 Å². The smallest absolute Gasteiger partial charge is 0.339 e. The summed E-state index contributed by atoms with van der Waals surface area (Å²) in [5.41, 5.74) is 0.442. The average Bonchev–Trinajstić information content (AvgIpc) is 2.26. The maximum Gasteiger partial charge on any atom is 0.339 e. The summed E-state index contributed by atoms with van der Waals surface area (Å²) >= 11 is 7.48. The Morgan fingerprint density at radius 3 is 2.87 bits per heavy atom. The fourth-order valence-corrected chi connectivity index (χ4v) is 1.69. The van der Waals surface area contributed by atoms with E-state index in [0.29, 0.717) is 17.2 Å². The van der Waals surface area contributed by atoms with E-state index in [-0.39, 0.29) is 5.97 Å². The number of halogens is 1. The summed E-state index contributed by atoms with van der Waals surface area (Å²) in [6, 6.07) is 5.35. The van der Waals surface area contributed by atoms with E-state index in [1.807, 2.05) is 19.2 Å². The Labute approximate surface area is 99.0 Å². The van der Waals surface area contributed by atoms with Crippen LogP contribution in [0.3, 0.4) is 0 Å². The van der Waals surface area contributed by atoms with Gasteiger partial charge in [0.05, 0.1) is 17.2 Å². The molecule has 0 saturated heterocycles. The fraction of sp³-hybridized carbons (Fsp3) is 0.364. The van der Waals surface area contributed by atoms with Crippen molar-refractivity contribution in [3.8, 4) is 0 Å². The minimum atomic E-state index is -0.349. The molecule has 1 rings (SSSR count). The molecule has 0 saturated carbocycles. The third-order valence-corrected chi connectivity index (χ3v) is 2.89. The molecule has 0 aliphatic rings. The van der Waals surface area contributed by atoms with Crippen molar-refractivity contribution in [2.24, 2.45) is 0 Å². The summed E-state index contributed by atoms with van der Waals surface area (Å²) in [4.78, 5) is 12.6. The van der Waals surface area contributed by atoms with Crippen LogP contribution in [0.2, 0.25) is 5.02 Å². The monoisotopic (exact) mass is 244 g/mol. The van der Waals surface area contributed by atoms with Crippen LogP contribution in [0.4, 0.5) is 0 Å². The second-order valence-corrected chi connectivity index (χ2v) is 4.27. The van der Waals surface area contributed by atoms with Crippen LogP contribution in [-0.2, 0) is 4.74 Å². The number of rotatable bonds is 4. The van der Waals surface area contributed by atoms with E-state index in [2.05, 4.69) is 0 Å². The van der Waals surface area contributed by atoms with Crippen LogP contribution < -0.4 is 0 Å². The first-order chi connectivity index (χ1) is 7.19. The topological polar surface area (TPSA) is 26.3 Å². The molecule has 1 aromatic rings. The largest absolute Gasteiger partial charge is 0.462 e. The van der Waals surface area contributed by atoms with Gasteiger partial charge in [-0.25, -0.2) is 4.79 Å². The molecule has 0 aliphatic carbocycles. The van der Waals surface area contributed by atoms with Gasteiger partial charge in [-0.2, -0.15) is 0 Å². The van der Waals surface area contributed by atoms with Crippen LogP contribution >= 0.6 is 23.4 Å². The summed E-state index contributed by atoms with van der Waals surface area (Å²) in [7, 11) is 0.